The van der Waals surface area contributed by atoms with Crippen LogP contribution in [-0.2, 0) is 22.6 Å². The lowest BCUT2D eigenvalue weighted by atomic mass is 10.2. The predicted octanol–water partition coefficient (Wildman–Crippen LogP) is 2.86. The summed E-state index contributed by atoms with van der Waals surface area (Å²) < 4.78 is 6.07. The fourth-order valence-corrected chi connectivity index (χ4v) is 4.65. The molecule has 2 aliphatic rings. The second-order valence-corrected chi connectivity index (χ2v) is 8.31. The Kier molecular flexibility index (Phi) is 6.41. The summed E-state index contributed by atoms with van der Waals surface area (Å²) in [4.78, 5) is 30.6. The van der Waals surface area contributed by atoms with Gasteiger partial charge in [0.05, 0.1) is 30.9 Å². The molecule has 1 aromatic carbocycles. The number of carbonyl (C=O) groups excluding carboxylic acids is 2. The minimum Gasteiger partial charge on any atom is -0.371 e. The first-order valence-electron chi connectivity index (χ1n) is 10.1. The van der Waals surface area contributed by atoms with Crippen molar-refractivity contribution in [3.63, 3.8) is 0 Å². The van der Waals surface area contributed by atoms with Crippen LogP contribution in [0.4, 0.5) is 9.93 Å². The van der Waals surface area contributed by atoms with Gasteiger partial charge in [-0.15, -0.1) is 11.3 Å². The number of nitrogens with zero attached hydrogens (tertiary/aromatic N) is 2. The molecular formula is C21H26N4O3S. The summed E-state index contributed by atoms with van der Waals surface area (Å²) in [5.74, 6) is -0.0508. The van der Waals surface area contributed by atoms with Crippen LogP contribution in [0.1, 0.15) is 36.9 Å². The Labute approximate surface area is 174 Å². The maximum atomic E-state index is 12.5. The van der Waals surface area contributed by atoms with Crippen molar-refractivity contribution in [3.8, 4) is 0 Å². The van der Waals surface area contributed by atoms with Crippen molar-refractivity contribution in [1.82, 2.24) is 15.6 Å². The Bertz CT molecular complexity index is 841. The Morgan fingerprint density at radius 2 is 2.14 bits per heavy atom. The molecule has 2 N–H and O–H groups in total. The third-order valence-electron chi connectivity index (χ3n) is 5.30. The van der Waals surface area contributed by atoms with Gasteiger partial charge in [-0.2, -0.15) is 0 Å². The van der Waals surface area contributed by atoms with Crippen molar-refractivity contribution in [3.05, 3.63) is 47.0 Å². The third-order valence-corrected chi connectivity index (χ3v) is 6.21. The maximum Gasteiger partial charge on any atom is 0.323 e. The molecule has 154 valence electrons. The molecule has 0 unspecified atom stereocenters. The van der Waals surface area contributed by atoms with Gasteiger partial charge < -0.3 is 15.4 Å². The number of carbonyl (C=O) groups is 2. The van der Waals surface area contributed by atoms with Crippen LogP contribution >= 0.6 is 11.3 Å². The Balaban J connectivity index is 1.28. The summed E-state index contributed by atoms with van der Waals surface area (Å²) >= 11 is 1.40. The van der Waals surface area contributed by atoms with Gasteiger partial charge in [0.15, 0.2) is 5.13 Å². The van der Waals surface area contributed by atoms with Crippen LogP contribution in [0.25, 0.3) is 0 Å². The first-order chi connectivity index (χ1) is 14.2. The molecule has 2 aromatic rings. The average Bonchev–Trinajstić information content (AvgIpc) is 3.37. The van der Waals surface area contributed by atoms with Crippen molar-refractivity contribution in [1.29, 1.82) is 0 Å². The molecule has 7 nitrogen and oxygen atoms in total. The van der Waals surface area contributed by atoms with Crippen LogP contribution in [0.3, 0.4) is 0 Å². The molecule has 1 saturated heterocycles. The fourth-order valence-electron chi connectivity index (χ4n) is 3.80. The standard InChI is InChI=1S/C21H26N4O3S/c26-19(12-16-14-29-21(23-16)25-11-5-10-22-20(25)27)24-17-8-4-9-18(17)28-13-15-6-2-1-3-7-15/h1-3,6-7,14,17-18H,4-5,8-13H2,(H,22,27)(H,24,26)/t17-,18-/m0/s1. The highest BCUT2D eigenvalue weighted by molar-refractivity contribution is 7.14. The number of thiazole rings is 1. The van der Waals surface area contributed by atoms with E-state index in [4.69, 9.17) is 4.74 Å². The fraction of sp³-hybridized carbons (Fsp3) is 0.476. The Morgan fingerprint density at radius 3 is 2.97 bits per heavy atom. The molecule has 3 amide bonds. The number of amides is 3. The third kappa shape index (κ3) is 5.13. The first kappa shape index (κ1) is 19.8. The summed E-state index contributed by atoms with van der Waals surface area (Å²) in [5.41, 5.74) is 1.84. The maximum absolute atomic E-state index is 12.5. The molecule has 2 atom stereocenters. The minimum atomic E-state index is -0.119. The van der Waals surface area contributed by atoms with Crippen molar-refractivity contribution < 1.29 is 14.3 Å². The lowest BCUT2D eigenvalue weighted by Crippen LogP contribution is -2.46. The molecule has 1 aliphatic carbocycles. The zero-order chi connectivity index (χ0) is 20.1. The Hall–Kier alpha value is -2.45. The van der Waals surface area contributed by atoms with E-state index in [0.717, 1.165) is 31.2 Å². The molecule has 8 heteroatoms. The lowest BCUT2D eigenvalue weighted by Gasteiger charge is -2.24. The summed E-state index contributed by atoms with van der Waals surface area (Å²) in [6, 6.07) is 10.0. The van der Waals surface area contributed by atoms with Gasteiger partial charge >= 0.3 is 6.03 Å². The smallest absolute Gasteiger partial charge is 0.323 e. The number of hydrogen-bond acceptors (Lipinski definition) is 5. The van der Waals surface area contributed by atoms with Gasteiger partial charge in [0.2, 0.25) is 5.91 Å². The number of rotatable bonds is 7. The Morgan fingerprint density at radius 1 is 1.28 bits per heavy atom. The molecule has 1 aromatic heterocycles. The summed E-state index contributed by atoms with van der Waals surface area (Å²) in [5, 5.41) is 8.44. The second kappa shape index (κ2) is 9.37. The van der Waals surface area contributed by atoms with E-state index < -0.39 is 0 Å². The van der Waals surface area contributed by atoms with E-state index in [0.29, 0.717) is 30.5 Å². The molecule has 1 saturated carbocycles. The van der Waals surface area contributed by atoms with Crippen molar-refractivity contribution >= 4 is 28.4 Å². The molecule has 0 radical (unpaired) electrons. The van der Waals surface area contributed by atoms with Crippen LogP contribution < -0.4 is 15.5 Å². The number of anilines is 1. The van der Waals surface area contributed by atoms with Gasteiger partial charge in [-0.1, -0.05) is 30.3 Å². The number of nitrogens with one attached hydrogen (secondary N) is 2. The summed E-state index contributed by atoms with van der Waals surface area (Å²) in [6.07, 6.45) is 4.10. The van der Waals surface area contributed by atoms with Crippen LogP contribution in [0, 0.1) is 0 Å². The van der Waals surface area contributed by atoms with Gasteiger partial charge in [-0.25, -0.2) is 9.78 Å². The van der Waals surface area contributed by atoms with Crippen molar-refractivity contribution in [2.45, 2.75) is 50.9 Å². The van der Waals surface area contributed by atoms with Gasteiger partial charge in [0, 0.05) is 18.5 Å². The zero-order valence-corrected chi connectivity index (χ0v) is 17.1. The molecule has 4 rings (SSSR count). The second-order valence-electron chi connectivity index (χ2n) is 7.48. The number of benzene rings is 1. The highest BCUT2D eigenvalue weighted by Crippen LogP contribution is 2.25. The van der Waals surface area contributed by atoms with Crippen LogP contribution in [0.2, 0.25) is 0 Å². The first-order valence-corrected chi connectivity index (χ1v) is 11.0. The van der Waals surface area contributed by atoms with E-state index in [1.165, 1.54) is 11.3 Å². The van der Waals surface area contributed by atoms with E-state index >= 15 is 0 Å². The monoisotopic (exact) mass is 414 g/mol. The average molecular weight is 415 g/mol. The van der Waals surface area contributed by atoms with Crippen LogP contribution in [0.15, 0.2) is 35.7 Å². The van der Waals surface area contributed by atoms with Gasteiger partial charge in [0.1, 0.15) is 0 Å². The molecular weight excluding hydrogens is 388 g/mol. The molecule has 0 bridgehead atoms. The highest BCUT2D eigenvalue weighted by atomic mass is 32.1. The normalized spacial score (nSPS) is 21.8. The molecule has 2 fully saturated rings. The van der Waals surface area contributed by atoms with Crippen molar-refractivity contribution in [2.75, 3.05) is 18.0 Å². The molecule has 2 heterocycles. The summed E-state index contributed by atoms with van der Waals surface area (Å²) in [6.45, 7) is 1.92. The number of urea groups is 1. The van der Waals surface area contributed by atoms with Gasteiger partial charge in [-0.3, -0.25) is 9.69 Å². The van der Waals surface area contributed by atoms with Crippen molar-refractivity contribution in [2.24, 2.45) is 0 Å². The van der Waals surface area contributed by atoms with Crippen LogP contribution in [-0.4, -0.2) is 42.2 Å². The van der Waals surface area contributed by atoms with Crippen LogP contribution in [0.5, 0.6) is 0 Å². The molecule has 29 heavy (non-hydrogen) atoms. The number of aromatic nitrogens is 1. The minimum absolute atomic E-state index is 0.0391. The van der Waals surface area contributed by atoms with E-state index in [9.17, 15) is 9.59 Å². The van der Waals surface area contributed by atoms with E-state index in [2.05, 4.69) is 15.6 Å². The number of hydrogen-bond donors (Lipinski definition) is 2. The highest BCUT2D eigenvalue weighted by Gasteiger charge is 2.29. The number of ether oxygens (including phenoxy) is 1. The lowest BCUT2D eigenvalue weighted by molar-refractivity contribution is -0.122. The summed E-state index contributed by atoms with van der Waals surface area (Å²) in [7, 11) is 0. The van der Waals surface area contributed by atoms with E-state index in [-0.39, 0.29) is 30.5 Å². The topological polar surface area (TPSA) is 83.6 Å². The predicted molar refractivity (Wildman–Crippen MR) is 112 cm³/mol. The van der Waals surface area contributed by atoms with E-state index in [1.54, 1.807) is 4.90 Å². The zero-order valence-electron chi connectivity index (χ0n) is 16.3. The van der Waals surface area contributed by atoms with Gasteiger partial charge in [0.25, 0.3) is 0 Å². The quantitative estimate of drug-likeness (QED) is 0.730. The molecule has 0 spiro atoms. The molecule has 1 aliphatic heterocycles. The SMILES string of the molecule is O=C(Cc1csc(N2CCCNC2=O)n1)N[C@H]1CCC[C@@H]1OCc1ccccc1. The van der Waals surface area contributed by atoms with Gasteiger partial charge in [-0.05, 0) is 31.2 Å². The van der Waals surface area contributed by atoms with E-state index in [1.807, 2.05) is 35.7 Å². The largest absolute Gasteiger partial charge is 0.371 e.